The number of para-hydroxylation sites is 1. The zero-order valence-corrected chi connectivity index (χ0v) is 34.7. The van der Waals surface area contributed by atoms with Crippen molar-refractivity contribution in [2.24, 2.45) is 0 Å². The molecule has 0 aliphatic rings. The summed E-state index contributed by atoms with van der Waals surface area (Å²) in [6.07, 6.45) is 1.94. The first-order valence-electron chi connectivity index (χ1n) is 19.5. The van der Waals surface area contributed by atoms with Crippen LogP contribution in [0.4, 0.5) is 0 Å². The molecule has 4 heteroatoms. The Hall–Kier alpha value is -5.48. The number of phenols is 1. The summed E-state index contributed by atoms with van der Waals surface area (Å²) >= 11 is 0. The number of hydrogen-bond acceptors (Lipinski definition) is 3. The number of pyridine rings is 1. The van der Waals surface area contributed by atoms with Crippen molar-refractivity contribution >= 4 is 11.0 Å². The number of benzene rings is 5. The molecule has 0 aliphatic heterocycles. The second-order valence-corrected chi connectivity index (χ2v) is 18.4. The number of rotatable bonds is 5. The number of aryl methyl sites for hydroxylation is 3. The maximum atomic E-state index is 11.4. The molecule has 0 bridgehead atoms. The van der Waals surface area contributed by atoms with Crippen molar-refractivity contribution < 1.29 is 5.11 Å². The van der Waals surface area contributed by atoms with Gasteiger partial charge in [0.25, 0.3) is 0 Å². The van der Waals surface area contributed by atoms with Crippen LogP contribution in [0.25, 0.3) is 61.6 Å². The fourth-order valence-corrected chi connectivity index (χ4v) is 8.07. The van der Waals surface area contributed by atoms with Crippen molar-refractivity contribution in [1.82, 2.24) is 14.5 Å². The summed E-state index contributed by atoms with van der Waals surface area (Å²) in [5.74, 6) is 0.923. The van der Waals surface area contributed by atoms with E-state index in [2.05, 4.69) is 167 Å². The topological polar surface area (TPSA) is 50.9 Å². The first-order chi connectivity index (χ1) is 25.8. The van der Waals surface area contributed by atoms with Gasteiger partial charge in [-0.05, 0) is 124 Å². The van der Waals surface area contributed by atoms with Crippen molar-refractivity contribution in [3.8, 4) is 56.3 Å². The van der Waals surface area contributed by atoms with E-state index in [0.29, 0.717) is 5.56 Å². The molecule has 0 aliphatic carbocycles. The number of nitrogens with zero attached hydrogens (tertiary/aromatic N) is 3. The van der Waals surface area contributed by atoms with E-state index in [1.807, 2.05) is 24.4 Å². The van der Waals surface area contributed by atoms with Crippen LogP contribution in [0, 0.1) is 20.8 Å². The zero-order valence-electron chi connectivity index (χ0n) is 34.7. The van der Waals surface area contributed by atoms with E-state index in [4.69, 9.17) is 9.97 Å². The van der Waals surface area contributed by atoms with Crippen molar-refractivity contribution in [3.05, 3.63) is 143 Å². The monoisotopic (exact) mass is 725 g/mol. The van der Waals surface area contributed by atoms with Gasteiger partial charge in [-0.25, -0.2) is 4.98 Å². The molecule has 55 heavy (non-hydrogen) atoms. The first kappa shape index (κ1) is 37.8. The van der Waals surface area contributed by atoms with Crippen LogP contribution < -0.4 is 0 Å². The van der Waals surface area contributed by atoms with Crippen molar-refractivity contribution in [1.29, 1.82) is 0 Å². The molecule has 2 heterocycles. The highest BCUT2D eigenvalue weighted by Crippen LogP contribution is 2.47. The molecular weight excluding hydrogens is 671 g/mol. The molecule has 0 spiro atoms. The maximum Gasteiger partial charge on any atom is 0.149 e. The van der Waals surface area contributed by atoms with Crippen molar-refractivity contribution in [3.63, 3.8) is 0 Å². The Morgan fingerprint density at radius 2 is 1.16 bits per heavy atom. The van der Waals surface area contributed by atoms with Crippen LogP contribution in [0.15, 0.2) is 109 Å². The van der Waals surface area contributed by atoms with Crippen LogP contribution in [0.1, 0.15) is 95.7 Å². The van der Waals surface area contributed by atoms with Gasteiger partial charge >= 0.3 is 0 Å². The molecule has 0 saturated heterocycles. The van der Waals surface area contributed by atoms with Gasteiger partial charge in [0.2, 0.25) is 0 Å². The number of aromatic hydroxyl groups is 1. The number of imidazole rings is 1. The fraction of sp³-hybridized carbons (Fsp3) is 0.294. The number of aromatic nitrogens is 3. The predicted octanol–water partition coefficient (Wildman–Crippen LogP) is 13.6. The Kier molecular flexibility index (Phi) is 9.40. The Balaban J connectivity index is 1.65. The summed E-state index contributed by atoms with van der Waals surface area (Å²) < 4.78 is 2.29. The minimum Gasteiger partial charge on any atom is -0.507 e. The van der Waals surface area contributed by atoms with E-state index in [1.54, 1.807) is 6.07 Å². The van der Waals surface area contributed by atoms with E-state index < -0.39 is 0 Å². The quantitative estimate of drug-likeness (QED) is 0.192. The first-order valence-corrected chi connectivity index (χ1v) is 19.5. The summed E-state index contributed by atoms with van der Waals surface area (Å²) in [6, 6.07) is 36.4. The molecule has 280 valence electrons. The standard InChI is InChI=1S/C51H55N3O/c1-31-24-32(2)47(33(3)25-31)54-44-28-36(49(4,5)6)27-39(46(44)53-48(54)37-20-16-17-21-45(37)55)38-29-40(42(51(10,11)12)30-41(38)50(7,8)9)43-26-35(22-23-52-43)34-18-14-13-15-19-34/h13-30,55H,1-12H3. The van der Waals surface area contributed by atoms with E-state index in [0.717, 1.165) is 61.6 Å². The van der Waals surface area contributed by atoms with Gasteiger partial charge in [0.1, 0.15) is 11.6 Å². The van der Waals surface area contributed by atoms with Gasteiger partial charge in [0, 0.05) is 17.3 Å². The van der Waals surface area contributed by atoms with Crippen LogP contribution in [-0.4, -0.2) is 19.6 Å². The Morgan fingerprint density at radius 3 is 1.78 bits per heavy atom. The average Bonchev–Trinajstić information content (AvgIpc) is 3.48. The van der Waals surface area contributed by atoms with Crippen LogP contribution >= 0.6 is 0 Å². The van der Waals surface area contributed by atoms with Gasteiger partial charge in [-0.2, -0.15) is 0 Å². The minimum absolute atomic E-state index is 0.152. The summed E-state index contributed by atoms with van der Waals surface area (Å²) in [5.41, 5.74) is 17.1. The average molecular weight is 726 g/mol. The minimum atomic E-state index is -0.190. The lowest BCUT2D eigenvalue weighted by atomic mass is 9.74. The maximum absolute atomic E-state index is 11.4. The smallest absolute Gasteiger partial charge is 0.149 e. The zero-order chi connectivity index (χ0) is 39.6. The lowest BCUT2D eigenvalue weighted by Crippen LogP contribution is -2.19. The van der Waals surface area contributed by atoms with E-state index >= 15 is 0 Å². The van der Waals surface area contributed by atoms with E-state index in [1.165, 1.54) is 27.8 Å². The fourth-order valence-electron chi connectivity index (χ4n) is 8.07. The highest BCUT2D eigenvalue weighted by atomic mass is 16.3. The molecule has 7 aromatic rings. The van der Waals surface area contributed by atoms with Gasteiger partial charge in [-0.1, -0.05) is 129 Å². The van der Waals surface area contributed by atoms with Gasteiger partial charge in [0.05, 0.1) is 28.0 Å². The SMILES string of the molecule is Cc1cc(C)c(-n2c(-c3ccccc3O)nc3c(-c4cc(-c5cc(-c6ccccc6)ccn5)c(C(C)(C)C)cc4C(C)(C)C)cc(C(C)(C)C)cc32)c(C)c1. The molecule has 7 rings (SSSR count). The molecule has 0 amide bonds. The van der Waals surface area contributed by atoms with Gasteiger partial charge in [0.15, 0.2) is 0 Å². The normalized spacial score (nSPS) is 12.4. The van der Waals surface area contributed by atoms with Crippen molar-refractivity contribution in [2.75, 3.05) is 0 Å². The Morgan fingerprint density at radius 1 is 0.545 bits per heavy atom. The lowest BCUT2D eigenvalue weighted by molar-refractivity contribution is 0.477. The molecule has 0 unspecified atom stereocenters. The molecule has 5 aromatic carbocycles. The van der Waals surface area contributed by atoms with E-state index in [9.17, 15) is 5.11 Å². The number of fused-ring (bicyclic) bond motifs is 1. The third-order valence-electron chi connectivity index (χ3n) is 10.8. The van der Waals surface area contributed by atoms with E-state index in [-0.39, 0.29) is 22.0 Å². The summed E-state index contributed by atoms with van der Waals surface area (Å²) in [6.45, 7) is 27.2. The second-order valence-electron chi connectivity index (χ2n) is 18.4. The van der Waals surface area contributed by atoms with Gasteiger partial charge < -0.3 is 5.11 Å². The number of hydrogen-bond donors (Lipinski definition) is 1. The largest absolute Gasteiger partial charge is 0.507 e. The third-order valence-corrected chi connectivity index (χ3v) is 10.8. The summed E-state index contributed by atoms with van der Waals surface area (Å²) in [4.78, 5) is 10.6. The summed E-state index contributed by atoms with van der Waals surface area (Å²) in [7, 11) is 0. The van der Waals surface area contributed by atoms with Gasteiger partial charge in [-0.15, -0.1) is 0 Å². The second kappa shape index (κ2) is 13.7. The van der Waals surface area contributed by atoms with Crippen LogP contribution in [0.5, 0.6) is 5.75 Å². The lowest BCUT2D eigenvalue weighted by Gasteiger charge is -2.31. The third kappa shape index (κ3) is 7.11. The van der Waals surface area contributed by atoms with Crippen LogP contribution in [0.3, 0.4) is 0 Å². The predicted molar refractivity (Wildman–Crippen MR) is 233 cm³/mol. The van der Waals surface area contributed by atoms with Crippen molar-refractivity contribution in [2.45, 2.75) is 99.3 Å². The molecule has 4 nitrogen and oxygen atoms in total. The molecular formula is C51H55N3O. The van der Waals surface area contributed by atoms with Crippen LogP contribution in [0.2, 0.25) is 0 Å². The number of phenolic OH excluding ortho intramolecular Hbond substituents is 1. The molecule has 2 aromatic heterocycles. The molecule has 0 fully saturated rings. The molecule has 1 N–H and O–H groups in total. The highest BCUT2D eigenvalue weighted by molar-refractivity contribution is 5.99. The Labute approximate surface area is 328 Å². The van der Waals surface area contributed by atoms with Crippen LogP contribution in [-0.2, 0) is 16.2 Å². The van der Waals surface area contributed by atoms with Gasteiger partial charge in [-0.3, -0.25) is 9.55 Å². The Bertz CT molecular complexity index is 2550. The molecule has 0 radical (unpaired) electrons. The summed E-state index contributed by atoms with van der Waals surface area (Å²) in [5, 5.41) is 11.4. The molecule has 0 atom stereocenters. The highest BCUT2D eigenvalue weighted by Gasteiger charge is 2.31. The molecule has 0 saturated carbocycles.